The van der Waals surface area contributed by atoms with Gasteiger partial charge in [0.2, 0.25) is 0 Å². The molecule has 0 saturated heterocycles. The van der Waals surface area contributed by atoms with Gasteiger partial charge in [-0.1, -0.05) is 59.6 Å². The van der Waals surface area contributed by atoms with Crippen LogP contribution >= 0.6 is 23.2 Å². The first-order chi connectivity index (χ1) is 14.6. The molecule has 30 heavy (non-hydrogen) atoms. The molecule has 0 bridgehead atoms. The van der Waals surface area contributed by atoms with Crippen LogP contribution in [0.5, 0.6) is 0 Å². The molecule has 0 atom stereocenters. The number of nitrogens with one attached hydrogen (secondary N) is 2. The maximum Gasteiger partial charge on any atom is 0.289 e. The molecule has 1 aromatic heterocycles. The Morgan fingerprint density at radius 1 is 1.07 bits per heavy atom. The number of hydrogen-bond donors (Lipinski definition) is 2. The topological polar surface area (TPSA) is 70.1 Å². The quantitative estimate of drug-likeness (QED) is 0.333. The number of hydrogen-bond acceptors (Lipinski definition) is 3. The smallest absolute Gasteiger partial charge is 0.272 e. The number of amides is 1. The molecule has 0 fully saturated rings. The summed E-state index contributed by atoms with van der Waals surface area (Å²) in [4.78, 5) is 12.5. The minimum Gasteiger partial charge on any atom is -0.272 e. The van der Waals surface area contributed by atoms with Crippen LogP contribution in [0.15, 0.2) is 59.7 Å². The van der Waals surface area contributed by atoms with Gasteiger partial charge in [0.1, 0.15) is 5.69 Å². The Balaban J connectivity index is 1.38. The molecule has 1 aliphatic carbocycles. The molecular formula is C23H16Cl2N4O. The van der Waals surface area contributed by atoms with Crippen molar-refractivity contribution in [3.63, 3.8) is 0 Å². The van der Waals surface area contributed by atoms with Crippen LogP contribution in [0.4, 0.5) is 0 Å². The van der Waals surface area contributed by atoms with Crippen LogP contribution in [0.3, 0.4) is 0 Å². The normalized spacial score (nSPS) is 12.7. The number of aryl methyl sites for hydroxylation is 2. The summed E-state index contributed by atoms with van der Waals surface area (Å²) in [6.07, 6.45) is 3.61. The van der Waals surface area contributed by atoms with E-state index >= 15 is 0 Å². The van der Waals surface area contributed by atoms with Crippen molar-refractivity contribution in [3.05, 3.63) is 87.0 Å². The molecule has 3 aromatic carbocycles. The van der Waals surface area contributed by atoms with Gasteiger partial charge >= 0.3 is 0 Å². The third-order valence-electron chi connectivity index (χ3n) is 5.31. The standard InChI is InChI=1S/C23H16Cl2N4O/c24-16-8-6-15(19(25)10-16)12-26-29-23(30)21-11-20(27-28-21)17-9-7-14-5-4-13-2-1-3-18(17)22(13)14/h1-3,6-12H,4-5H2,(H,27,28)(H,29,30). The molecule has 0 aliphatic heterocycles. The molecule has 148 valence electrons. The van der Waals surface area contributed by atoms with Crippen molar-refractivity contribution >= 4 is 46.1 Å². The van der Waals surface area contributed by atoms with Crippen LogP contribution < -0.4 is 5.43 Å². The van der Waals surface area contributed by atoms with Gasteiger partial charge in [-0.3, -0.25) is 9.89 Å². The predicted molar refractivity (Wildman–Crippen MR) is 120 cm³/mol. The van der Waals surface area contributed by atoms with E-state index in [0.717, 1.165) is 29.5 Å². The molecule has 5 rings (SSSR count). The van der Waals surface area contributed by atoms with Gasteiger partial charge in [0.05, 0.1) is 16.9 Å². The summed E-state index contributed by atoms with van der Waals surface area (Å²) >= 11 is 12.0. The first-order valence-electron chi connectivity index (χ1n) is 9.48. The van der Waals surface area contributed by atoms with Gasteiger partial charge in [-0.25, -0.2) is 5.43 Å². The fraction of sp³-hybridized carbons (Fsp3) is 0.0870. The second kappa shape index (κ2) is 7.59. The Kier molecular flexibility index (Phi) is 4.77. The highest BCUT2D eigenvalue weighted by Crippen LogP contribution is 2.36. The molecule has 1 amide bonds. The maximum atomic E-state index is 12.5. The molecule has 1 heterocycles. The van der Waals surface area contributed by atoms with E-state index in [2.05, 4.69) is 51.1 Å². The number of benzene rings is 3. The first-order valence-corrected chi connectivity index (χ1v) is 10.2. The third-order valence-corrected chi connectivity index (χ3v) is 5.87. The second-order valence-corrected chi connectivity index (χ2v) is 7.99. The Labute approximate surface area is 182 Å². The van der Waals surface area contributed by atoms with Gasteiger partial charge in [-0.2, -0.15) is 10.2 Å². The molecule has 5 nitrogen and oxygen atoms in total. The average Bonchev–Trinajstić information content (AvgIpc) is 3.39. The van der Waals surface area contributed by atoms with Crippen molar-refractivity contribution in [2.75, 3.05) is 0 Å². The van der Waals surface area contributed by atoms with Crippen molar-refractivity contribution in [3.8, 4) is 11.3 Å². The van der Waals surface area contributed by atoms with Crippen molar-refractivity contribution in [2.45, 2.75) is 12.8 Å². The highest BCUT2D eigenvalue weighted by molar-refractivity contribution is 6.36. The second-order valence-electron chi connectivity index (χ2n) is 7.14. The predicted octanol–water partition coefficient (Wildman–Crippen LogP) is 5.40. The van der Waals surface area contributed by atoms with Crippen LogP contribution in [0.25, 0.3) is 22.0 Å². The number of carbonyl (C=O) groups is 1. The summed E-state index contributed by atoms with van der Waals surface area (Å²) in [5, 5.41) is 14.6. The number of hydrazone groups is 1. The molecule has 7 heteroatoms. The highest BCUT2D eigenvalue weighted by atomic mass is 35.5. The van der Waals surface area contributed by atoms with E-state index in [1.807, 2.05) is 0 Å². The Bertz CT molecular complexity index is 1320. The van der Waals surface area contributed by atoms with Gasteiger partial charge in [0, 0.05) is 16.1 Å². The van der Waals surface area contributed by atoms with Crippen molar-refractivity contribution in [1.29, 1.82) is 0 Å². The molecule has 0 unspecified atom stereocenters. The van der Waals surface area contributed by atoms with Gasteiger partial charge in [0.25, 0.3) is 5.91 Å². The molecule has 0 spiro atoms. The van der Waals surface area contributed by atoms with Crippen molar-refractivity contribution in [2.24, 2.45) is 5.10 Å². The van der Waals surface area contributed by atoms with Gasteiger partial charge in [0.15, 0.2) is 0 Å². The van der Waals surface area contributed by atoms with Crippen LogP contribution in [0.2, 0.25) is 10.0 Å². The monoisotopic (exact) mass is 434 g/mol. The van der Waals surface area contributed by atoms with Crippen LogP contribution in [-0.2, 0) is 12.8 Å². The lowest BCUT2D eigenvalue weighted by molar-refractivity contribution is 0.0950. The van der Waals surface area contributed by atoms with E-state index < -0.39 is 0 Å². The number of nitrogens with zero attached hydrogens (tertiary/aromatic N) is 2. The Hall–Kier alpha value is -3.15. The maximum absolute atomic E-state index is 12.5. The molecule has 4 aromatic rings. The van der Waals surface area contributed by atoms with Crippen molar-refractivity contribution < 1.29 is 4.79 Å². The number of halogens is 2. The largest absolute Gasteiger partial charge is 0.289 e. The first kappa shape index (κ1) is 18.9. The summed E-state index contributed by atoms with van der Waals surface area (Å²) in [5.74, 6) is -0.388. The molecule has 0 radical (unpaired) electrons. The third kappa shape index (κ3) is 3.36. The highest BCUT2D eigenvalue weighted by Gasteiger charge is 2.18. The van der Waals surface area contributed by atoms with E-state index in [1.165, 1.54) is 22.7 Å². The van der Waals surface area contributed by atoms with E-state index in [0.29, 0.717) is 21.3 Å². The summed E-state index contributed by atoms with van der Waals surface area (Å²) in [6.45, 7) is 0. The van der Waals surface area contributed by atoms with Gasteiger partial charge < -0.3 is 0 Å². The lowest BCUT2D eigenvalue weighted by Crippen LogP contribution is -2.18. The lowest BCUT2D eigenvalue weighted by Gasteiger charge is -2.06. The number of carbonyl (C=O) groups excluding carboxylic acids is 1. The molecule has 0 saturated carbocycles. The number of aromatic amines is 1. The fourth-order valence-electron chi connectivity index (χ4n) is 3.87. The van der Waals surface area contributed by atoms with E-state index in [4.69, 9.17) is 23.2 Å². The van der Waals surface area contributed by atoms with Gasteiger partial charge in [-0.15, -0.1) is 0 Å². The summed E-state index contributed by atoms with van der Waals surface area (Å²) in [6, 6.07) is 17.4. The SMILES string of the molecule is O=C(NN=Cc1ccc(Cl)cc1Cl)c1cc(-c2ccc3c4c(cccc24)CC3)n[nH]1. The molecule has 2 N–H and O–H groups in total. The van der Waals surface area contributed by atoms with Crippen molar-refractivity contribution in [1.82, 2.24) is 15.6 Å². The molecular weight excluding hydrogens is 419 g/mol. The average molecular weight is 435 g/mol. The minimum absolute atomic E-state index is 0.326. The van der Waals surface area contributed by atoms with E-state index in [9.17, 15) is 4.79 Å². The zero-order valence-electron chi connectivity index (χ0n) is 15.7. The summed E-state index contributed by atoms with van der Waals surface area (Å²) in [5.41, 5.74) is 7.93. The zero-order valence-corrected chi connectivity index (χ0v) is 17.3. The summed E-state index contributed by atoms with van der Waals surface area (Å²) < 4.78 is 0. The van der Waals surface area contributed by atoms with Crippen LogP contribution in [-0.4, -0.2) is 22.3 Å². The Morgan fingerprint density at radius 3 is 2.73 bits per heavy atom. The zero-order chi connectivity index (χ0) is 20.7. The van der Waals surface area contributed by atoms with Gasteiger partial charge in [-0.05, 0) is 52.9 Å². The number of aromatic nitrogens is 2. The van der Waals surface area contributed by atoms with E-state index in [-0.39, 0.29) is 5.91 Å². The lowest BCUT2D eigenvalue weighted by atomic mass is 9.98. The fourth-order valence-corrected chi connectivity index (χ4v) is 4.33. The Morgan fingerprint density at radius 2 is 1.90 bits per heavy atom. The minimum atomic E-state index is -0.388. The number of H-pyrrole nitrogens is 1. The summed E-state index contributed by atoms with van der Waals surface area (Å²) in [7, 11) is 0. The van der Waals surface area contributed by atoms with E-state index in [1.54, 1.807) is 24.3 Å². The molecule has 1 aliphatic rings. The van der Waals surface area contributed by atoms with Crippen LogP contribution in [0, 0.1) is 0 Å². The number of rotatable bonds is 4. The van der Waals surface area contributed by atoms with Crippen LogP contribution in [0.1, 0.15) is 27.2 Å².